The molecular weight excluding hydrogens is 482 g/mol. The average Bonchev–Trinajstić information content (AvgIpc) is 2.88. The average molecular weight is 524 g/mol. The molecule has 1 aliphatic rings. The van der Waals surface area contributed by atoms with Gasteiger partial charge in [0.15, 0.2) is 5.78 Å². The number of nitrogens with zero attached hydrogens (tertiary/aromatic N) is 1. The van der Waals surface area contributed by atoms with E-state index in [-0.39, 0.29) is 11.8 Å². The van der Waals surface area contributed by atoms with E-state index in [2.05, 4.69) is 11.5 Å². The fourth-order valence-electron chi connectivity index (χ4n) is 4.10. The van der Waals surface area contributed by atoms with Crippen molar-refractivity contribution < 1.29 is 27.9 Å². The number of carbonyl (C=O) groups is 2. The number of esters is 1. The monoisotopic (exact) mass is 523 g/mol. The van der Waals surface area contributed by atoms with Gasteiger partial charge in [0, 0.05) is 43.3 Å². The minimum Gasteiger partial charge on any atom is -0.462 e. The van der Waals surface area contributed by atoms with Crippen LogP contribution in [0.3, 0.4) is 0 Å². The molecule has 0 spiro atoms. The first kappa shape index (κ1) is 29.7. The van der Waals surface area contributed by atoms with Crippen molar-refractivity contribution in [1.29, 1.82) is 0 Å². The third-order valence-corrected chi connectivity index (χ3v) is 11.3. The number of ether oxygens (including phenoxy) is 2. The van der Waals surface area contributed by atoms with E-state index in [0.717, 1.165) is 47.8 Å². The molecule has 1 aliphatic heterocycles. The summed E-state index contributed by atoms with van der Waals surface area (Å²) in [6, 6.07) is 9.56. The van der Waals surface area contributed by atoms with Gasteiger partial charge in [-0.2, -0.15) is 0 Å². The fraction of sp³-hybridized carbons (Fsp3) is 0.615. The lowest BCUT2D eigenvalue weighted by molar-refractivity contribution is -0.138. The van der Waals surface area contributed by atoms with Crippen LogP contribution in [0.15, 0.2) is 41.3 Å². The second-order valence-electron chi connectivity index (χ2n) is 9.30. The second kappa shape index (κ2) is 14.3. The van der Waals surface area contributed by atoms with Crippen molar-refractivity contribution in [2.75, 3.05) is 52.9 Å². The van der Waals surface area contributed by atoms with Crippen LogP contribution in [0.25, 0.3) is 0 Å². The molecule has 1 saturated heterocycles. The van der Waals surface area contributed by atoms with Crippen LogP contribution in [0.4, 0.5) is 0 Å². The van der Waals surface area contributed by atoms with Crippen molar-refractivity contribution in [3.63, 3.8) is 0 Å². The van der Waals surface area contributed by atoms with E-state index in [1.54, 1.807) is 32.9 Å². The zero-order chi connectivity index (χ0) is 25.9. The van der Waals surface area contributed by atoms with Crippen LogP contribution in [0.2, 0.25) is 12.1 Å². The molecule has 2 rings (SSSR count). The van der Waals surface area contributed by atoms with Gasteiger partial charge in [-0.25, -0.2) is 4.79 Å². The summed E-state index contributed by atoms with van der Waals surface area (Å²) in [4.78, 5) is 28.0. The van der Waals surface area contributed by atoms with Gasteiger partial charge in [-0.3, -0.25) is 9.69 Å². The Balaban J connectivity index is 1.80. The highest BCUT2D eigenvalue weighted by Gasteiger charge is 2.36. The maximum atomic E-state index is 13.1. The number of morpholine rings is 1. The molecule has 0 aromatic heterocycles. The summed E-state index contributed by atoms with van der Waals surface area (Å²) in [5.41, 5.74) is 0.598. The van der Waals surface area contributed by atoms with Crippen LogP contribution < -0.4 is 0 Å². The number of benzene rings is 1. The Labute approximate surface area is 215 Å². The van der Waals surface area contributed by atoms with Crippen LogP contribution in [0.5, 0.6) is 0 Å². The first-order valence-electron chi connectivity index (χ1n) is 12.2. The van der Waals surface area contributed by atoms with Crippen molar-refractivity contribution >= 4 is 32.1 Å². The minimum atomic E-state index is -2.33. The quantitative estimate of drug-likeness (QED) is 0.0817. The summed E-state index contributed by atoms with van der Waals surface area (Å²) in [6.07, 6.45) is 1.66. The molecule has 1 heterocycles. The summed E-state index contributed by atoms with van der Waals surface area (Å²) >= 11 is 1.77. The topological polar surface area (TPSA) is 74.3 Å². The van der Waals surface area contributed by atoms with E-state index in [1.165, 1.54) is 0 Å². The Hall–Kier alpha value is -1.49. The first-order chi connectivity index (χ1) is 16.6. The predicted molar refractivity (Wildman–Crippen MR) is 142 cm³/mol. The lowest BCUT2D eigenvalue weighted by atomic mass is 9.91. The van der Waals surface area contributed by atoms with Crippen molar-refractivity contribution in [3.8, 4) is 0 Å². The van der Waals surface area contributed by atoms with E-state index in [4.69, 9.17) is 18.3 Å². The molecule has 35 heavy (non-hydrogen) atoms. The number of Topliss-reactive ketones (excluding diaryl/α,β-unsaturated/α-hetero) is 1. The number of carbonyl (C=O) groups excluding carboxylic acids is 2. The van der Waals surface area contributed by atoms with E-state index in [0.29, 0.717) is 31.8 Å². The summed E-state index contributed by atoms with van der Waals surface area (Å²) in [5.74, 6) is 0.709. The summed E-state index contributed by atoms with van der Waals surface area (Å²) in [7, 11) is 1.08. The normalized spacial score (nSPS) is 15.1. The smallest absolute Gasteiger partial charge is 0.337 e. The van der Waals surface area contributed by atoms with Gasteiger partial charge in [0.25, 0.3) is 0 Å². The Bertz CT molecular complexity index is 835. The molecule has 7 nitrogen and oxygen atoms in total. The van der Waals surface area contributed by atoms with Gasteiger partial charge in [-0.1, -0.05) is 18.7 Å². The number of hydrogen-bond acceptors (Lipinski definition) is 8. The zero-order valence-corrected chi connectivity index (χ0v) is 23.7. The Kier molecular flexibility index (Phi) is 12.1. The third-order valence-electron chi connectivity index (χ3n) is 6.47. The maximum absolute atomic E-state index is 13.1. The van der Waals surface area contributed by atoms with Crippen LogP contribution in [-0.2, 0) is 23.1 Å². The van der Waals surface area contributed by atoms with E-state index in [9.17, 15) is 9.59 Å². The van der Waals surface area contributed by atoms with E-state index in [1.807, 2.05) is 38.1 Å². The fourth-order valence-corrected chi connectivity index (χ4v) is 7.84. The Morgan fingerprint density at radius 3 is 2.26 bits per heavy atom. The lowest BCUT2D eigenvalue weighted by Gasteiger charge is -2.39. The van der Waals surface area contributed by atoms with Gasteiger partial charge < -0.3 is 18.3 Å². The SMILES string of the molecule is C=C(C)C(=O)OCCC[Si](CCCSc1ccc(C(=O)C(C)(C)N2CCOCC2)cc1)(OC)OC. The number of hydrogen-bond donors (Lipinski definition) is 0. The van der Waals surface area contributed by atoms with E-state index < -0.39 is 14.1 Å². The molecule has 0 radical (unpaired) electrons. The van der Waals surface area contributed by atoms with Gasteiger partial charge in [-0.05, 0) is 63.6 Å². The van der Waals surface area contributed by atoms with Gasteiger partial charge in [0.2, 0.25) is 0 Å². The predicted octanol–water partition coefficient (Wildman–Crippen LogP) is 4.71. The van der Waals surface area contributed by atoms with Crippen molar-refractivity contribution in [1.82, 2.24) is 4.90 Å². The van der Waals surface area contributed by atoms with Crippen molar-refractivity contribution in [2.24, 2.45) is 0 Å². The Morgan fingerprint density at radius 1 is 1.09 bits per heavy atom. The van der Waals surface area contributed by atoms with Crippen LogP contribution in [0.1, 0.15) is 44.0 Å². The molecule has 0 bridgehead atoms. The standard InChI is InChI=1S/C26H41NO6SSi/c1-21(2)25(29)33-15-7-19-35(30-5,31-6)20-8-18-34-23-11-9-22(10-12-23)24(28)26(3,4)27-13-16-32-17-14-27/h9-12H,1,7-8,13-20H2,2-6H3. The lowest BCUT2D eigenvalue weighted by Crippen LogP contribution is -2.54. The highest BCUT2D eigenvalue weighted by molar-refractivity contribution is 7.99. The van der Waals surface area contributed by atoms with Crippen molar-refractivity contribution in [3.05, 3.63) is 42.0 Å². The van der Waals surface area contributed by atoms with E-state index >= 15 is 0 Å². The second-order valence-corrected chi connectivity index (χ2v) is 14.1. The molecule has 0 atom stereocenters. The molecular formula is C26H41NO6SSi. The van der Waals surface area contributed by atoms with Crippen molar-refractivity contribution in [2.45, 2.75) is 56.1 Å². The molecule has 9 heteroatoms. The van der Waals surface area contributed by atoms with Crippen LogP contribution in [0, 0.1) is 0 Å². The minimum absolute atomic E-state index is 0.140. The molecule has 1 aromatic rings. The van der Waals surface area contributed by atoms with Gasteiger partial charge in [0.1, 0.15) is 0 Å². The molecule has 1 fully saturated rings. The van der Waals surface area contributed by atoms with Crippen LogP contribution in [-0.4, -0.2) is 83.6 Å². The summed E-state index contributed by atoms with van der Waals surface area (Å²) in [5, 5.41) is 0. The van der Waals surface area contributed by atoms with Gasteiger partial charge in [0.05, 0.1) is 25.4 Å². The molecule has 0 aliphatic carbocycles. The number of rotatable bonds is 15. The summed E-state index contributed by atoms with van der Waals surface area (Å²) in [6.45, 7) is 12.5. The molecule has 0 N–H and O–H groups in total. The molecule has 0 unspecified atom stereocenters. The van der Waals surface area contributed by atoms with Gasteiger partial charge >= 0.3 is 14.5 Å². The molecule has 0 amide bonds. The maximum Gasteiger partial charge on any atom is 0.337 e. The molecule has 0 saturated carbocycles. The number of thioether (sulfide) groups is 1. The largest absolute Gasteiger partial charge is 0.462 e. The highest BCUT2D eigenvalue weighted by atomic mass is 32.2. The highest BCUT2D eigenvalue weighted by Crippen LogP contribution is 2.27. The molecule has 196 valence electrons. The van der Waals surface area contributed by atoms with Gasteiger partial charge in [-0.15, -0.1) is 11.8 Å². The Morgan fingerprint density at radius 2 is 1.69 bits per heavy atom. The molecule has 1 aromatic carbocycles. The summed E-state index contributed by atoms with van der Waals surface area (Å²) < 4.78 is 22.3. The number of ketones is 1. The third kappa shape index (κ3) is 8.84. The zero-order valence-electron chi connectivity index (χ0n) is 21.9. The van der Waals surface area contributed by atoms with Crippen LogP contribution >= 0.6 is 11.8 Å². The first-order valence-corrected chi connectivity index (χ1v) is 15.4.